The Labute approximate surface area is 120 Å². The van der Waals surface area contributed by atoms with Crippen LogP contribution in [0.3, 0.4) is 0 Å². The average molecular weight is 270 g/mol. The number of anilines is 3. The number of ether oxygens (including phenoxy) is 1. The van der Waals surface area contributed by atoms with Gasteiger partial charge in [0.2, 0.25) is 0 Å². The van der Waals surface area contributed by atoms with E-state index in [1.807, 2.05) is 32.0 Å². The highest BCUT2D eigenvalue weighted by atomic mass is 16.5. The van der Waals surface area contributed by atoms with Crippen molar-refractivity contribution < 1.29 is 4.74 Å². The molecule has 0 aliphatic carbocycles. The molecule has 0 atom stereocenters. The van der Waals surface area contributed by atoms with Crippen molar-refractivity contribution in [1.82, 2.24) is 0 Å². The summed E-state index contributed by atoms with van der Waals surface area (Å²) in [6.45, 7) is 8.16. The molecule has 106 valence electrons. The Bertz CT molecular complexity index is 586. The van der Waals surface area contributed by atoms with Gasteiger partial charge in [-0.05, 0) is 63.1 Å². The van der Waals surface area contributed by atoms with Crippen molar-refractivity contribution in [3.63, 3.8) is 0 Å². The summed E-state index contributed by atoms with van der Waals surface area (Å²) in [5.41, 5.74) is 11.1. The molecule has 0 aliphatic rings. The van der Waals surface area contributed by atoms with Crippen molar-refractivity contribution in [3.05, 3.63) is 47.5 Å². The van der Waals surface area contributed by atoms with E-state index in [9.17, 15) is 0 Å². The summed E-state index contributed by atoms with van der Waals surface area (Å²) in [5, 5.41) is 3.39. The van der Waals surface area contributed by atoms with E-state index in [0.717, 1.165) is 17.1 Å². The van der Waals surface area contributed by atoms with Gasteiger partial charge in [0.15, 0.2) is 0 Å². The molecule has 2 aromatic carbocycles. The van der Waals surface area contributed by atoms with Gasteiger partial charge in [0.25, 0.3) is 0 Å². The first-order chi connectivity index (χ1) is 9.44. The van der Waals surface area contributed by atoms with Crippen LogP contribution in [0.25, 0.3) is 0 Å². The average Bonchev–Trinajstić information content (AvgIpc) is 2.31. The number of nitrogens with one attached hydrogen (secondary N) is 1. The third-order valence-electron chi connectivity index (χ3n) is 2.89. The highest BCUT2D eigenvalue weighted by Gasteiger charge is 2.05. The van der Waals surface area contributed by atoms with Gasteiger partial charge >= 0.3 is 0 Å². The van der Waals surface area contributed by atoms with Gasteiger partial charge in [0.1, 0.15) is 5.75 Å². The van der Waals surface area contributed by atoms with E-state index in [0.29, 0.717) is 5.69 Å². The van der Waals surface area contributed by atoms with Gasteiger partial charge in [-0.2, -0.15) is 0 Å². The van der Waals surface area contributed by atoms with Crippen LogP contribution in [-0.2, 0) is 0 Å². The molecule has 0 saturated carbocycles. The van der Waals surface area contributed by atoms with E-state index in [1.165, 1.54) is 11.1 Å². The van der Waals surface area contributed by atoms with Gasteiger partial charge < -0.3 is 15.8 Å². The van der Waals surface area contributed by atoms with E-state index < -0.39 is 0 Å². The fourth-order valence-electron chi connectivity index (χ4n) is 2.18. The molecule has 0 bridgehead atoms. The van der Waals surface area contributed by atoms with Gasteiger partial charge in [0, 0.05) is 17.4 Å². The Morgan fingerprint density at radius 2 is 1.60 bits per heavy atom. The predicted molar refractivity (Wildman–Crippen MR) is 85.8 cm³/mol. The fraction of sp³-hybridized carbons (Fsp3) is 0.294. The van der Waals surface area contributed by atoms with E-state index in [4.69, 9.17) is 10.5 Å². The zero-order valence-electron chi connectivity index (χ0n) is 12.5. The van der Waals surface area contributed by atoms with E-state index >= 15 is 0 Å². The summed E-state index contributed by atoms with van der Waals surface area (Å²) in [5.74, 6) is 0.717. The van der Waals surface area contributed by atoms with Crippen LogP contribution >= 0.6 is 0 Å². The molecule has 0 heterocycles. The van der Waals surface area contributed by atoms with Gasteiger partial charge in [0.05, 0.1) is 11.8 Å². The Morgan fingerprint density at radius 3 is 2.20 bits per heavy atom. The number of nitrogen functional groups attached to an aromatic ring is 1. The molecule has 0 fully saturated rings. The number of benzene rings is 2. The number of hydrogen-bond donors (Lipinski definition) is 2. The van der Waals surface area contributed by atoms with Crippen LogP contribution in [0.15, 0.2) is 36.4 Å². The normalized spacial score (nSPS) is 10.7. The third-order valence-corrected chi connectivity index (χ3v) is 2.89. The van der Waals surface area contributed by atoms with Crippen LogP contribution in [0.2, 0.25) is 0 Å². The van der Waals surface area contributed by atoms with Gasteiger partial charge in [-0.15, -0.1) is 0 Å². The maximum atomic E-state index is 5.93. The minimum absolute atomic E-state index is 0.105. The molecule has 20 heavy (non-hydrogen) atoms. The molecular weight excluding hydrogens is 248 g/mol. The third kappa shape index (κ3) is 3.67. The van der Waals surface area contributed by atoms with Crippen LogP contribution in [0, 0.1) is 13.8 Å². The van der Waals surface area contributed by atoms with E-state index in [1.54, 1.807) is 0 Å². The molecule has 0 saturated heterocycles. The zero-order valence-corrected chi connectivity index (χ0v) is 12.5. The molecule has 2 aromatic rings. The van der Waals surface area contributed by atoms with Crippen LogP contribution in [0.4, 0.5) is 17.1 Å². The topological polar surface area (TPSA) is 47.3 Å². The van der Waals surface area contributed by atoms with Crippen molar-refractivity contribution in [2.75, 3.05) is 11.1 Å². The summed E-state index contributed by atoms with van der Waals surface area (Å²) >= 11 is 0. The van der Waals surface area contributed by atoms with Crippen molar-refractivity contribution >= 4 is 17.1 Å². The second-order valence-electron chi connectivity index (χ2n) is 5.42. The standard InChI is InChI=1S/C17H22N2O/c1-11(2)20-17-10-14(5-6-16(17)18)19-15-8-12(3)7-13(4)9-15/h5-11,19H,18H2,1-4H3. The highest BCUT2D eigenvalue weighted by molar-refractivity contribution is 5.67. The maximum absolute atomic E-state index is 5.93. The van der Waals surface area contributed by atoms with Crippen LogP contribution in [0.5, 0.6) is 5.75 Å². The Hall–Kier alpha value is -2.16. The zero-order chi connectivity index (χ0) is 14.7. The SMILES string of the molecule is Cc1cc(C)cc(Nc2ccc(N)c(OC(C)C)c2)c1. The summed E-state index contributed by atoms with van der Waals surface area (Å²) < 4.78 is 5.71. The maximum Gasteiger partial charge on any atom is 0.144 e. The van der Waals surface area contributed by atoms with Crippen molar-refractivity contribution in [1.29, 1.82) is 0 Å². The molecule has 3 heteroatoms. The van der Waals surface area contributed by atoms with E-state index in [2.05, 4.69) is 37.4 Å². The lowest BCUT2D eigenvalue weighted by Crippen LogP contribution is -2.07. The first-order valence-electron chi connectivity index (χ1n) is 6.85. The Morgan fingerprint density at radius 1 is 0.950 bits per heavy atom. The van der Waals surface area contributed by atoms with Crippen LogP contribution < -0.4 is 15.8 Å². The first kappa shape index (κ1) is 14.3. The second kappa shape index (κ2) is 5.87. The lowest BCUT2D eigenvalue weighted by molar-refractivity contribution is 0.244. The first-order valence-corrected chi connectivity index (χ1v) is 6.85. The van der Waals surface area contributed by atoms with Crippen LogP contribution in [0.1, 0.15) is 25.0 Å². The van der Waals surface area contributed by atoms with Gasteiger partial charge in [-0.3, -0.25) is 0 Å². The lowest BCUT2D eigenvalue weighted by atomic mass is 10.1. The molecule has 0 aromatic heterocycles. The van der Waals surface area contributed by atoms with Gasteiger partial charge in [-0.25, -0.2) is 0 Å². The number of aryl methyl sites for hydroxylation is 2. The summed E-state index contributed by atoms with van der Waals surface area (Å²) in [6, 6.07) is 12.1. The van der Waals surface area contributed by atoms with Crippen molar-refractivity contribution in [2.24, 2.45) is 0 Å². The highest BCUT2D eigenvalue weighted by Crippen LogP contribution is 2.28. The Kier molecular flexibility index (Phi) is 4.18. The summed E-state index contributed by atoms with van der Waals surface area (Å²) in [4.78, 5) is 0. The quantitative estimate of drug-likeness (QED) is 0.809. The molecular formula is C17H22N2O. The molecule has 0 spiro atoms. The molecule has 0 radical (unpaired) electrons. The predicted octanol–water partition coefficient (Wildman–Crippen LogP) is 4.42. The largest absolute Gasteiger partial charge is 0.489 e. The number of hydrogen-bond acceptors (Lipinski definition) is 3. The molecule has 3 N–H and O–H groups in total. The fourth-order valence-corrected chi connectivity index (χ4v) is 2.18. The molecule has 3 nitrogen and oxygen atoms in total. The minimum Gasteiger partial charge on any atom is -0.489 e. The van der Waals surface area contributed by atoms with Gasteiger partial charge in [-0.1, -0.05) is 6.07 Å². The Balaban J connectivity index is 2.25. The molecule has 2 rings (SSSR count). The van der Waals surface area contributed by atoms with E-state index in [-0.39, 0.29) is 6.10 Å². The summed E-state index contributed by atoms with van der Waals surface area (Å²) in [6.07, 6.45) is 0.105. The van der Waals surface area contributed by atoms with Crippen molar-refractivity contribution in [2.45, 2.75) is 33.8 Å². The summed E-state index contributed by atoms with van der Waals surface area (Å²) in [7, 11) is 0. The monoisotopic (exact) mass is 270 g/mol. The van der Waals surface area contributed by atoms with Crippen molar-refractivity contribution in [3.8, 4) is 5.75 Å². The second-order valence-corrected chi connectivity index (χ2v) is 5.42. The molecule has 0 aliphatic heterocycles. The number of nitrogens with two attached hydrogens (primary N) is 1. The number of rotatable bonds is 4. The molecule has 0 unspecified atom stereocenters. The minimum atomic E-state index is 0.105. The van der Waals surface area contributed by atoms with Crippen LogP contribution in [-0.4, -0.2) is 6.10 Å². The smallest absolute Gasteiger partial charge is 0.144 e. The molecule has 0 amide bonds. The lowest BCUT2D eigenvalue weighted by Gasteiger charge is -2.15.